The first-order chi connectivity index (χ1) is 11.0. The number of hydrogen-bond acceptors (Lipinski definition) is 4. The molecule has 2 aromatic rings. The van der Waals surface area contributed by atoms with Gasteiger partial charge in [0.2, 0.25) is 10.0 Å². The van der Waals surface area contributed by atoms with Gasteiger partial charge in [-0.1, -0.05) is 36.4 Å². The summed E-state index contributed by atoms with van der Waals surface area (Å²) in [5.74, 6) is 1.16. The highest BCUT2D eigenvalue weighted by atomic mass is 32.2. The Balaban J connectivity index is 2.03. The average molecular weight is 333 g/mol. The second-order valence-electron chi connectivity index (χ2n) is 4.77. The molecule has 0 aliphatic carbocycles. The van der Waals surface area contributed by atoms with Crippen LogP contribution in [-0.2, 0) is 16.6 Å². The minimum absolute atomic E-state index is 0.168. The van der Waals surface area contributed by atoms with Crippen molar-refractivity contribution in [3.8, 4) is 11.5 Å². The first-order valence-electron chi connectivity index (χ1n) is 6.98. The molecule has 0 spiro atoms. The van der Waals surface area contributed by atoms with E-state index in [1.54, 1.807) is 31.4 Å². The van der Waals surface area contributed by atoms with Gasteiger partial charge in [0.15, 0.2) is 11.5 Å². The van der Waals surface area contributed by atoms with Crippen LogP contribution in [0, 0.1) is 0 Å². The van der Waals surface area contributed by atoms with Crippen molar-refractivity contribution < 1.29 is 17.9 Å². The summed E-state index contributed by atoms with van der Waals surface area (Å²) in [5, 5.41) is 1.16. The van der Waals surface area contributed by atoms with Gasteiger partial charge in [0, 0.05) is 12.0 Å². The fraction of sp³-hybridized carbons (Fsp3) is 0.176. The number of benzene rings is 2. The maximum absolute atomic E-state index is 12.0. The molecule has 0 atom stereocenters. The lowest BCUT2D eigenvalue weighted by Gasteiger charge is -2.09. The molecule has 6 heteroatoms. The van der Waals surface area contributed by atoms with Gasteiger partial charge in [-0.05, 0) is 29.3 Å². The van der Waals surface area contributed by atoms with E-state index in [1.165, 1.54) is 7.11 Å². The van der Waals surface area contributed by atoms with Gasteiger partial charge in [-0.2, -0.15) is 0 Å². The van der Waals surface area contributed by atoms with Crippen LogP contribution in [0.2, 0.25) is 0 Å². The van der Waals surface area contributed by atoms with E-state index < -0.39 is 10.0 Å². The second-order valence-corrected chi connectivity index (χ2v) is 6.42. The highest BCUT2D eigenvalue weighted by Gasteiger charge is 2.08. The maximum atomic E-state index is 12.0. The third-order valence-electron chi connectivity index (χ3n) is 3.16. The molecular weight excluding hydrogens is 314 g/mol. The molecule has 0 aromatic heterocycles. The normalized spacial score (nSPS) is 11.6. The van der Waals surface area contributed by atoms with Crippen molar-refractivity contribution in [1.82, 2.24) is 4.72 Å². The van der Waals surface area contributed by atoms with Crippen LogP contribution in [0.1, 0.15) is 11.1 Å². The fourth-order valence-corrected chi connectivity index (χ4v) is 2.76. The Labute approximate surface area is 136 Å². The van der Waals surface area contributed by atoms with Crippen LogP contribution in [0.15, 0.2) is 53.9 Å². The van der Waals surface area contributed by atoms with Crippen LogP contribution in [0.5, 0.6) is 11.5 Å². The molecule has 2 rings (SSSR count). The molecule has 2 aromatic carbocycles. The predicted molar refractivity (Wildman–Crippen MR) is 90.8 cm³/mol. The van der Waals surface area contributed by atoms with Gasteiger partial charge >= 0.3 is 0 Å². The van der Waals surface area contributed by atoms with Crippen molar-refractivity contribution in [2.45, 2.75) is 6.54 Å². The van der Waals surface area contributed by atoms with Crippen molar-refractivity contribution in [3.05, 3.63) is 65.1 Å². The van der Waals surface area contributed by atoms with Gasteiger partial charge in [0.25, 0.3) is 0 Å². The summed E-state index contributed by atoms with van der Waals surface area (Å²) in [6.45, 7) is 0.168. The molecule has 0 unspecified atom stereocenters. The summed E-state index contributed by atoms with van der Waals surface area (Å²) in [6, 6.07) is 14.5. The van der Waals surface area contributed by atoms with Crippen molar-refractivity contribution in [2.24, 2.45) is 0 Å². The van der Waals surface area contributed by atoms with Crippen molar-refractivity contribution in [2.75, 3.05) is 14.2 Å². The Bertz CT molecular complexity index is 770. The Morgan fingerprint density at radius 1 is 1.00 bits per heavy atom. The zero-order valence-electron chi connectivity index (χ0n) is 13.0. The molecule has 23 heavy (non-hydrogen) atoms. The zero-order chi connectivity index (χ0) is 16.7. The number of sulfonamides is 1. The zero-order valence-corrected chi connectivity index (χ0v) is 13.8. The summed E-state index contributed by atoms with van der Waals surface area (Å²) >= 11 is 0. The third-order valence-corrected chi connectivity index (χ3v) is 4.21. The molecule has 0 aliphatic rings. The summed E-state index contributed by atoms with van der Waals surface area (Å²) in [7, 11) is -0.430. The van der Waals surface area contributed by atoms with Crippen molar-refractivity contribution >= 4 is 16.1 Å². The summed E-state index contributed by atoms with van der Waals surface area (Å²) in [5.41, 5.74) is 1.60. The Morgan fingerprint density at radius 3 is 2.35 bits per heavy atom. The molecule has 0 bridgehead atoms. The molecule has 5 nitrogen and oxygen atoms in total. The van der Waals surface area contributed by atoms with Crippen LogP contribution in [-0.4, -0.2) is 22.6 Å². The number of nitrogens with one attached hydrogen (secondary N) is 1. The van der Waals surface area contributed by atoms with Crippen LogP contribution < -0.4 is 14.2 Å². The lowest BCUT2D eigenvalue weighted by molar-refractivity contribution is 0.354. The SMILES string of the molecule is COc1ccc(CNS(=O)(=O)C=Cc2ccccc2)cc1OC. The first-order valence-corrected chi connectivity index (χ1v) is 8.52. The first kappa shape index (κ1) is 17.1. The molecular formula is C17H19NO4S. The van der Waals surface area contributed by atoms with E-state index in [1.807, 2.05) is 30.3 Å². The van der Waals surface area contributed by atoms with Crippen LogP contribution in [0.25, 0.3) is 6.08 Å². The fourth-order valence-electron chi connectivity index (χ4n) is 1.95. The highest BCUT2D eigenvalue weighted by Crippen LogP contribution is 2.27. The Morgan fingerprint density at radius 2 is 1.70 bits per heavy atom. The Kier molecular flexibility index (Phi) is 5.78. The third kappa shape index (κ3) is 5.12. The van der Waals surface area contributed by atoms with E-state index >= 15 is 0 Å². The topological polar surface area (TPSA) is 64.6 Å². The van der Waals surface area contributed by atoms with Gasteiger partial charge in [0.1, 0.15) is 0 Å². The highest BCUT2D eigenvalue weighted by molar-refractivity contribution is 7.92. The second kappa shape index (κ2) is 7.80. The molecule has 0 amide bonds. The molecule has 0 fully saturated rings. The molecule has 0 saturated heterocycles. The molecule has 0 aliphatic heterocycles. The molecule has 0 saturated carbocycles. The van der Waals surface area contributed by atoms with E-state index in [4.69, 9.17) is 9.47 Å². The number of hydrogen-bond donors (Lipinski definition) is 1. The summed E-state index contributed by atoms with van der Waals surface area (Å²) in [6.07, 6.45) is 1.55. The average Bonchev–Trinajstić information content (AvgIpc) is 2.59. The van der Waals surface area contributed by atoms with Gasteiger partial charge < -0.3 is 9.47 Å². The summed E-state index contributed by atoms with van der Waals surface area (Å²) < 4.78 is 36.9. The van der Waals surface area contributed by atoms with E-state index in [2.05, 4.69) is 4.72 Å². The van der Waals surface area contributed by atoms with Crippen molar-refractivity contribution in [1.29, 1.82) is 0 Å². The van der Waals surface area contributed by atoms with Gasteiger partial charge in [0.05, 0.1) is 14.2 Å². The van der Waals surface area contributed by atoms with Gasteiger partial charge in [-0.15, -0.1) is 0 Å². The van der Waals surface area contributed by atoms with Crippen LogP contribution in [0.4, 0.5) is 0 Å². The number of methoxy groups -OCH3 is 2. The Hall–Kier alpha value is -2.31. The monoisotopic (exact) mass is 333 g/mol. The predicted octanol–water partition coefficient (Wildman–Crippen LogP) is 2.79. The van der Waals surface area contributed by atoms with Crippen LogP contribution >= 0.6 is 0 Å². The molecule has 1 N–H and O–H groups in total. The quantitative estimate of drug-likeness (QED) is 0.846. The number of ether oxygens (including phenoxy) is 2. The summed E-state index contributed by atoms with van der Waals surface area (Å²) in [4.78, 5) is 0. The van der Waals surface area contributed by atoms with Gasteiger partial charge in [-0.3, -0.25) is 0 Å². The minimum atomic E-state index is -3.52. The molecule has 0 heterocycles. The van der Waals surface area contributed by atoms with E-state index in [0.717, 1.165) is 16.5 Å². The smallest absolute Gasteiger partial charge is 0.234 e. The van der Waals surface area contributed by atoms with Gasteiger partial charge in [-0.25, -0.2) is 13.1 Å². The minimum Gasteiger partial charge on any atom is -0.493 e. The largest absolute Gasteiger partial charge is 0.493 e. The number of rotatable bonds is 7. The lowest BCUT2D eigenvalue weighted by Crippen LogP contribution is -2.20. The van der Waals surface area contributed by atoms with Crippen LogP contribution in [0.3, 0.4) is 0 Å². The maximum Gasteiger partial charge on any atom is 0.234 e. The molecule has 122 valence electrons. The lowest BCUT2D eigenvalue weighted by atomic mass is 10.2. The van der Waals surface area contributed by atoms with Crippen molar-refractivity contribution in [3.63, 3.8) is 0 Å². The van der Waals surface area contributed by atoms with E-state index in [9.17, 15) is 8.42 Å². The van der Waals surface area contributed by atoms with E-state index in [-0.39, 0.29) is 6.54 Å². The van der Waals surface area contributed by atoms with E-state index in [0.29, 0.717) is 11.5 Å². The molecule has 0 radical (unpaired) electrons. The standard InChI is InChI=1S/C17H19NO4S/c1-21-16-9-8-15(12-17(16)22-2)13-18-23(19,20)11-10-14-6-4-3-5-7-14/h3-12,18H,13H2,1-2H3.